The van der Waals surface area contributed by atoms with Gasteiger partial charge in [-0.2, -0.15) is 5.26 Å². The van der Waals surface area contributed by atoms with Crippen LogP contribution in [0.1, 0.15) is 18.9 Å². The second-order valence-electron chi connectivity index (χ2n) is 3.85. The molecule has 1 rings (SSSR count). The lowest BCUT2D eigenvalue weighted by molar-refractivity contribution is -0.132. The molecule has 19 heavy (non-hydrogen) atoms. The van der Waals surface area contributed by atoms with Gasteiger partial charge < -0.3 is 5.11 Å². The second kappa shape index (κ2) is 7.67. The molecule has 96 valence electrons. The molecule has 3 nitrogen and oxygen atoms in total. The standard InChI is InChI=1S/C16H15NO2/c1-2-15(16(18)19)12-14(9-6-10-17)11-13-7-4-3-5-8-13/h3-9,11-12H,2H2,1H3,(H,18,19). The largest absolute Gasteiger partial charge is 0.478 e. The van der Waals surface area contributed by atoms with Crippen LogP contribution in [0.15, 0.2) is 59.7 Å². The molecule has 0 aliphatic heterocycles. The van der Waals surface area contributed by atoms with Crippen molar-refractivity contribution in [2.45, 2.75) is 13.3 Å². The first kappa shape index (κ1) is 14.5. The van der Waals surface area contributed by atoms with Crippen molar-refractivity contribution >= 4 is 12.0 Å². The smallest absolute Gasteiger partial charge is 0.331 e. The van der Waals surface area contributed by atoms with E-state index in [2.05, 4.69) is 0 Å². The van der Waals surface area contributed by atoms with Gasteiger partial charge in [0.05, 0.1) is 6.07 Å². The third kappa shape index (κ3) is 5.05. The molecule has 0 aromatic heterocycles. The van der Waals surface area contributed by atoms with Crippen molar-refractivity contribution in [1.82, 2.24) is 0 Å². The second-order valence-corrected chi connectivity index (χ2v) is 3.85. The first-order valence-corrected chi connectivity index (χ1v) is 5.94. The molecule has 1 aromatic rings. The molecule has 1 N–H and O–H groups in total. The summed E-state index contributed by atoms with van der Waals surface area (Å²) < 4.78 is 0. The van der Waals surface area contributed by atoms with E-state index < -0.39 is 5.97 Å². The summed E-state index contributed by atoms with van der Waals surface area (Å²) in [5, 5.41) is 17.6. The van der Waals surface area contributed by atoms with E-state index in [0.29, 0.717) is 17.6 Å². The van der Waals surface area contributed by atoms with Crippen molar-refractivity contribution in [3.8, 4) is 6.07 Å². The molecule has 0 amide bonds. The number of nitriles is 1. The molecule has 0 unspecified atom stereocenters. The van der Waals surface area contributed by atoms with E-state index in [1.54, 1.807) is 19.1 Å². The highest BCUT2D eigenvalue weighted by Crippen LogP contribution is 2.13. The number of nitrogens with zero attached hydrogens (tertiary/aromatic N) is 1. The highest BCUT2D eigenvalue weighted by molar-refractivity contribution is 5.87. The Balaban J connectivity index is 3.16. The van der Waals surface area contributed by atoms with Crippen LogP contribution in [-0.4, -0.2) is 11.1 Å². The Bertz CT molecular complexity index is 560. The molecule has 0 atom stereocenters. The Hall–Kier alpha value is -2.60. The fraction of sp³-hybridized carbons (Fsp3) is 0.125. The molecule has 0 spiro atoms. The molecule has 0 fully saturated rings. The Morgan fingerprint density at radius 1 is 1.37 bits per heavy atom. The van der Waals surface area contributed by atoms with Gasteiger partial charge in [0.1, 0.15) is 0 Å². The summed E-state index contributed by atoms with van der Waals surface area (Å²) in [6.45, 7) is 1.79. The summed E-state index contributed by atoms with van der Waals surface area (Å²) in [5.74, 6) is -0.938. The molecule has 0 saturated heterocycles. The summed E-state index contributed by atoms with van der Waals surface area (Å²) in [4.78, 5) is 11.0. The SMILES string of the molecule is CCC(=CC(C=CC#N)=Cc1ccccc1)C(=O)O. The number of benzene rings is 1. The van der Waals surface area contributed by atoms with Crippen molar-refractivity contribution in [3.05, 3.63) is 65.3 Å². The number of carbonyl (C=O) groups is 1. The topological polar surface area (TPSA) is 61.1 Å². The van der Waals surface area contributed by atoms with Crippen molar-refractivity contribution in [3.63, 3.8) is 0 Å². The summed E-state index contributed by atoms with van der Waals surface area (Å²) in [5.41, 5.74) is 1.95. The summed E-state index contributed by atoms with van der Waals surface area (Å²) >= 11 is 0. The quantitative estimate of drug-likeness (QED) is 0.495. The molecule has 0 aliphatic carbocycles. The van der Waals surface area contributed by atoms with Crippen molar-refractivity contribution in [2.75, 3.05) is 0 Å². The van der Waals surface area contributed by atoms with Crippen molar-refractivity contribution in [1.29, 1.82) is 5.26 Å². The summed E-state index contributed by atoms with van der Waals surface area (Å²) in [6, 6.07) is 11.5. The summed E-state index contributed by atoms with van der Waals surface area (Å²) in [6.07, 6.45) is 6.80. The van der Waals surface area contributed by atoms with E-state index in [-0.39, 0.29) is 0 Å². The number of hydrogen-bond acceptors (Lipinski definition) is 2. The average molecular weight is 253 g/mol. The fourth-order valence-electron chi connectivity index (χ4n) is 1.53. The van der Waals surface area contributed by atoms with E-state index in [1.807, 2.05) is 42.5 Å². The summed E-state index contributed by atoms with van der Waals surface area (Å²) in [7, 11) is 0. The maximum absolute atomic E-state index is 11.0. The minimum atomic E-state index is -0.938. The zero-order valence-corrected chi connectivity index (χ0v) is 10.7. The van der Waals surface area contributed by atoms with Gasteiger partial charge in [-0.3, -0.25) is 0 Å². The van der Waals surface area contributed by atoms with Gasteiger partial charge >= 0.3 is 5.97 Å². The lowest BCUT2D eigenvalue weighted by Crippen LogP contribution is -1.99. The Morgan fingerprint density at radius 3 is 2.58 bits per heavy atom. The van der Waals surface area contributed by atoms with Crippen LogP contribution < -0.4 is 0 Å². The molecular formula is C16H15NO2. The van der Waals surface area contributed by atoms with E-state index in [4.69, 9.17) is 10.4 Å². The van der Waals surface area contributed by atoms with Crippen LogP contribution in [0.5, 0.6) is 0 Å². The first-order valence-electron chi connectivity index (χ1n) is 5.94. The van der Waals surface area contributed by atoms with Gasteiger partial charge in [0.25, 0.3) is 0 Å². The molecule has 0 radical (unpaired) electrons. The van der Waals surface area contributed by atoms with Gasteiger partial charge in [-0.05, 0) is 35.8 Å². The predicted molar refractivity (Wildman–Crippen MR) is 75.2 cm³/mol. The molecule has 0 saturated carbocycles. The number of rotatable bonds is 5. The van der Waals surface area contributed by atoms with Crippen LogP contribution in [-0.2, 0) is 4.79 Å². The maximum atomic E-state index is 11.0. The van der Waals surface area contributed by atoms with Crippen LogP contribution in [0.3, 0.4) is 0 Å². The predicted octanol–water partition coefficient (Wildman–Crippen LogP) is 3.57. The normalized spacial score (nSPS) is 12.4. The van der Waals surface area contributed by atoms with Gasteiger partial charge in [0, 0.05) is 11.6 Å². The first-order chi connectivity index (χ1) is 9.17. The number of allylic oxidation sites excluding steroid dienone is 4. The van der Waals surface area contributed by atoms with Crippen LogP contribution >= 0.6 is 0 Å². The Kier molecular flexibility index (Phi) is 5.84. The molecule has 0 bridgehead atoms. The molecule has 1 aromatic carbocycles. The van der Waals surface area contributed by atoms with Crippen LogP contribution in [0.25, 0.3) is 6.08 Å². The molecule has 0 aliphatic rings. The number of carboxylic acids is 1. The van der Waals surface area contributed by atoms with Crippen LogP contribution in [0.2, 0.25) is 0 Å². The van der Waals surface area contributed by atoms with Gasteiger partial charge in [-0.1, -0.05) is 37.3 Å². The Labute approximate surface area is 112 Å². The van der Waals surface area contributed by atoms with Crippen molar-refractivity contribution < 1.29 is 9.90 Å². The lowest BCUT2D eigenvalue weighted by atomic mass is 10.1. The third-order valence-electron chi connectivity index (χ3n) is 2.48. The molecular weight excluding hydrogens is 238 g/mol. The van der Waals surface area contributed by atoms with E-state index >= 15 is 0 Å². The number of hydrogen-bond donors (Lipinski definition) is 1. The zero-order valence-electron chi connectivity index (χ0n) is 10.7. The average Bonchev–Trinajstić information content (AvgIpc) is 2.42. The minimum absolute atomic E-state index is 0.310. The van der Waals surface area contributed by atoms with Gasteiger partial charge in [-0.25, -0.2) is 4.79 Å². The number of aliphatic carboxylic acids is 1. The van der Waals surface area contributed by atoms with Crippen LogP contribution in [0.4, 0.5) is 0 Å². The Morgan fingerprint density at radius 2 is 2.05 bits per heavy atom. The van der Waals surface area contributed by atoms with Crippen LogP contribution in [0, 0.1) is 11.3 Å². The van der Waals surface area contributed by atoms with Crippen molar-refractivity contribution in [2.24, 2.45) is 0 Å². The monoisotopic (exact) mass is 253 g/mol. The fourth-order valence-corrected chi connectivity index (χ4v) is 1.53. The molecule has 0 heterocycles. The lowest BCUT2D eigenvalue weighted by Gasteiger charge is -2.00. The highest BCUT2D eigenvalue weighted by atomic mass is 16.4. The maximum Gasteiger partial charge on any atom is 0.331 e. The van der Waals surface area contributed by atoms with E-state index in [9.17, 15) is 4.79 Å². The van der Waals surface area contributed by atoms with E-state index in [0.717, 1.165) is 5.56 Å². The minimum Gasteiger partial charge on any atom is -0.478 e. The zero-order chi connectivity index (χ0) is 14.1. The van der Waals surface area contributed by atoms with Gasteiger partial charge in [-0.15, -0.1) is 0 Å². The van der Waals surface area contributed by atoms with Gasteiger partial charge in [0.2, 0.25) is 0 Å². The van der Waals surface area contributed by atoms with Gasteiger partial charge in [0.15, 0.2) is 0 Å². The third-order valence-corrected chi connectivity index (χ3v) is 2.48. The molecule has 3 heteroatoms. The number of carboxylic acid groups (broad SMARTS) is 1. The highest BCUT2D eigenvalue weighted by Gasteiger charge is 2.04. The van der Waals surface area contributed by atoms with E-state index in [1.165, 1.54) is 6.08 Å².